The number of nitrogens with one attached hydrogen (secondary N) is 1. The Hall–Kier alpha value is -3.58. The van der Waals surface area contributed by atoms with Gasteiger partial charge in [-0.25, -0.2) is 4.98 Å². The van der Waals surface area contributed by atoms with Crippen molar-refractivity contribution in [2.75, 3.05) is 17.7 Å². The highest BCUT2D eigenvalue weighted by atomic mass is 32.2. The van der Waals surface area contributed by atoms with Crippen molar-refractivity contribution in [3.63, 3.8) is 0 Å². The standard InChI is InChI=1S/C27H27N3O3S/c1-18-12-13-22(20(3)14-18)28-25(31)16-33-26(32)17-34-27-29-23-10-6-7-11-24(23)30(27)15-21-9-5-4-8-19(21)2/h4-14H,15-17H2,1-3H3,(H,28,31). The molecule has 1 heterocycles. The number of rotatable bonds is 8. The number of fused-ring (bicyclic) bond motifs is 1. The summed E-state index contributed by atoms with van der Waals surface area (Å²) < 4.78 is 7.32. The SMILES string of the molecule is Cc1ccc(NC(=O)COC(=O)CSc2nc3ccccc3n2Cc2ccccc2C)c(C)c1. The first-order valence-corrected chi connectivity index (χ1v) is 12.0. The molecule has 4 aromatic rings. The maximum absolute atomic E-state index is 12.4. The van der Waals surface area contributed by atoms with Gasteiger partial charge in [0.1, 0.15) is 0 Å². The van der Waals surface area contributed by atoms with Crippen molar-refractivity contribution >= 4 is 40.4 Å². The van der Waals surface area contributed by atoms with Gasteiger partial charge in [0.15, 0.2) is 11.8 Å². The molecule has 0 fully saturated rings. The highest BCUT2D eigenvalue weighted by molar-refractivity contribution is 7.99. The number of para-hydroxylation sites is 2. The minimum absolute atomic E-state index is 0.0634. The van der Waals surface area contributed by atoms with Gasteiger partial charge in [-0.15, -0.1) is 0 Å². The number of carbonyl (C=O) groups excluding carboxylic acids is 2. The van der Waals surface area contributed by atoms with Crippen LogP contribution >= 0.6 is 11.8 Å². The zero-order valence-corrected chi connectivity index (χ0v) is 20.3. The summed E-state index contributed by atoms with van der Waals surface area (Å²) in [4.78, 5) is 29.3. The lowest BCUT2D eigenvalue weighted by Gasteiger charge is -2.11. The van der Waals surface area contributed by atoms with Crippen LogP contribution in [-0.2, 0) is 20.9 Å². The van der Waals surface area contributed by atoms with Crippen molar-refractivity contribution in [3.05, 3.63) is 89.0 Å². The lowest BCUT2D eigenvalue weighted by molar-refractivity contribution is -0.144. The number of nitrogens with zero attached hydrogens (tertiary/aromatic N) is 2. The molecule has 0 aliphatic rings. The summed E-state index contributed by atoms with van der Waals surface area (Å²) in [5, 5.41) is 3.52. The molecule has 1 amide bonds. The lowest BCUT2D eigenvalue weighted by Crippen LogP contribution is -2.22. The molecule has 0 saturated carbocycles. The molecule has 34 heavy (non-hydrogen) atoms. The highest BCUT2D eigenvalue weighted by Crippen LogP contribution is 2.26. The third-order valence-electron chi connectivity index (χ3n) is 5.55. The Morgan fingerprint density at radius 3 is 2.53 bits per heavy atom. The minimum atomic E-state index is -0.463. The molecule has 0 spiro atoms. The third kappa shape index (κ3) is 5.66. The molecule has 6 nitrogen and oxygen atoms in total. The van der Waals surface area contributed by atoms with Crippen molar-refractivity contribution in [2.45, 2.75) is 32.5 Å². The molecular formula is C27H27N3O3S. The number of carbonyl (C=O) groups is 2. The van der Waals surface area contributed by atoms with Crippen molar-refractivity contribution in [2.24, 2.45) is 0 Å². The van der Waals surface area contributed by atoms with Crippen LogP contribution in [0.2, 0.25) is 0 Å². The number of anilines is 1. The number of aromatic nitrogens is 2. The average molecular weight is 474 g/mol. The number of thioether (sulfide) groups is 1. The number of hydrogen-bond acceptors (Lipinski definition) is 5. The summed E-state index contributed by atoms with van der Waals surface area (Å²) in [5.74, 6) is -0.763. The molecule has 0 atom stereocenters. The van der Waals surface area contributed by atoms with Gasteiger partial charge < -0.3 is 14.6 Å². The topological polar surface area (TPSA) is 73.2 Å². The fourth-order valence-corrected chi connectivity index (χ4v) is 4.54. The summed E-state index contributed by atoms with van der Waals surface area (Å²) in [6.07, 6.45) is 0. The zero-order chi connectivity index (χ0) is 24.1. The van der Waals surface area contributed by atoms with Gasteiger partial charge in [-0.2, -0.15) is 0 Å². The molecule has 4 rings (SSSR count). The van der Waals surface area contributed by atoms with E-state index in [1.165, 1.54) is 22.9 Å². The van der Waals surface area contributed by atoms with E-state index >= 15 is 0 Å². The van der Waals surface area contributed by atoms with Crippen LogP contribution < -0.4 is 5.32 Å². The number of hydrogen-bond donors (Lipinski definition) is 1. The van der Waals surface area contributed by atoms with Crippen molar-refractivity contribution in [1.82, 2.24) is 9.55 Å². The first-order chi connectivity index (χ1) is 16.4. The molecule has 174 valence electrons. The smallest absolute Gasteiger partial charge is 0.316 e. The maximum atomic E-state index is 12.4. The Morgan fingerprint density at radius 2 is 1.74 bits per heavy atom. The van der Waals surface area contributed by atoms with Crippen LogP contribution in [0.5, 0.6) is 0 Å². The maximum Gasteiger partial charge on any atom is 0.316 e. The predicted octanol–water partition coefficient (Wildman–Crippen LogP) is 5.28. The third-order valence-corrected chi connectivity index (χ3v) is 6.50. The van der Waals surface area contributed by atoms with Gasteiger partial charge in [0.25, 0.3) is 5.91 Å². The Morgan fingerprint density at radius 1 is 0.971 bits per heavy atom. The van der Waals surface area contributed by atoms with Crippen LogP contribution in [0.1, 0.15) is 22.3 Å². The number of ether oxygens (including phenoxy) is 1. The van der Waals surface area contributed by atoms with Crippen molar-refractivity contribution in [1.29, 1.82) is 0 Å². The predicted molar refractivity (Wildman–Crippen MR) is 136 cm³/mol. The van der Waals surface area contributed by atoms with E-state index in [-0.39, 0.29) is 18.3 Å². The Labute approximate surface area is 203 Å². The van der Waals surface area contributed by atoms with Crippen LogP contribution in [0.15, 0.2) is 71.9 Å². The molecule has 0 bridgehead atoms. The number of aryl methyl sites for hydroxylation is 3. The number of esters is 1. The summed E-state index contributed by atoms with van der Waals surface area (Å²) in [5.41, 5.74) is 7.07. The van der Waals surface area contributed by atoms with Gasteiger partial charge >= 0.3 is 5.97 Å². The van der Waals surface area contributed by atoms with E-state index < -0.39 is 5.97 Å². The molecule has 0 aliphatic carbocycles. The monoisotopic (exact) mass is 473 g/mol. The van der Waals surface area contributed by atoms with Gasteiger partial charge in [-0.05, 0) is 55.7 Å². The molecule has 1 aromatic heterocycles. The van der Waals surface area contributed by atoms with Gasteiger partial charge in [0.05, 0.1) is 23.3 Å². The number of imidazole rings is 1. The normalized spacial score (nSPS) is 10.9. The van der Waals surface area contributed by atoms with Gasteiger partial charge in [0, 0.05) is 5.69 Å². The molecule has 0 aliphatic heterocycles. The minimum Gasteiger partial charge on any atom is -0.455 e. The molecule has 0 unspecified atom stereocenters. The second-order valence-corrected chi connectivity index (χ2v) is 9.15. The first kappa shape index (κ1) is 23.6. The summed E-state index contributed by atoms with van der Waals surface area (Å²) in [6, 6.07) is 21.9. The van der Waals surface area contributed by atoms with E-state index in [4.69, 9.17) is 9.72 Å². The van der Waals surface area contributed by atoms with E-state index in [0.29, 0.717) is 12.2 Å². The Kier molecular flexibility index (Phi) is 7.33. The summed E-state index contributed by atoms with van der Waals surface area (Å²) in [6.45, 7) is 6.33. The summed E-state index contributed by atoms with van der Waals surface area (Å²) >= 11 is 1.31. The number of amides is 1. The van der Waals surface area contributed by atoms with E-state index in [0.717, 1.165) is 27.3 Å². The average Bonchev–Trinajstić information content (AvgIpc) is 3.17. The van der Waals surface area contributed by atoms with Crippen LogP contribution in [0.4, 0.5) is 5.69 Å². The molecule has 1 N–H and O–H groups in total. The van der Waals surface area contributed by atoms with Crippen LogP contribution in [-0.4, -0.2) is 33.8 Å². The van der Waals surface area contributed by atoms with Gasteiger partial charge in [-0.1, -0.05) is 65.9 Å². The Bertz CT molecular complexity index is 1350. The van der Waals surface area contributed by atoms with E-state index in [2.05, 4.69) is 28.9 Å². The van der Waals surface area contributed by atoms with E-state index in [1.54, 1.807) is 0 Å². The molecule has 0 saturated heterocycles. The summed E-state index contributed by atoms with van der Waals surface area (Å²) in [7, 11) is 0. The largest absolute Gasteiger partial charge is 0.455 e. The van der Waals surface area contributed by atoms with Gasteiger partial charge in [-0.3, -0.25) is 9.59 Å². The first-order valence-electron chi connectivity index (χ1n) is 11.1. The second-order valence-electron chi connectivity index (χ2n) is 8.21. The molecule has 3 aromatic carbocycles. The molecule has 0 radical (unpaired) electrons. The molecular weight excluding hydrogens is 446 g/mol. The van der Waals surface area contributed by atoms with Crippen molar-refractivity contribution in [3.8, 4) is 0 Å². The van der Waals surface area contributed by atoms with E-state index in [9.17, 15) is 9.59 Å². The fourth-order valence-electron chi connectivity index (χ4n) is 3.73. The van der Waals surface area contributed by atoms with Crippen LogP contribution in [0.25, 0.3) is 11.0 Å². The second kappa shape index (κ2) is 10.6. The van der Waals surface area contributed by atoms with Gasteiger partial charge in [0.2, 0.25) is 0 Å². The van der Waals surface area contributed by atoms with Crippen LogP contribution in [0.3, 0.4) is 0 Å². The van der Waals surface area contributed by atoms with E-state index in [1.807, 2.05) is 68.4 Å². The quantitative estimate of drug-likeness (QED) is 0.278. The number of benzene rings is 3. The Balaban J connectivity index is 1.38. The highest BCUT2D eigenvalue weighted by Gasteiger charge is 2.15. The molecule has 7 heteroatoms. The van der Waals surface area contributed by atoms with Crippen LogP contribution in [0, 0.1) is 20.8 Å². The lowest BCUT2D eigenvalue weighted by atomic mass is 10.1. The van der Waals surface area contributed by atoms with Crippen molar-refractivity contribution < 1.29 is 14.3 Å². The fraction of sp³-hybridized carbons (Fsp3) is 0.222. The zero-order valence-electron chi connectivity index (χ0n) is 19.5.